The summed E-state index contributed by atoms with van der Waals surface area (Å²) in [6.45, 7) is 3.66. The molecule has 0 spiro atoms. The number of hydrogen-bond donors (Lipinski definition) is 0. The van der Waals surface area contributed by atoms with Crippen LogP contribution in [-0.2, 0) is 11.2 Å². The predicted molar refractivity (Wildman–Crippen MR) is 82.8 cm³/mol. The number of rotatable bonds is 4. The lowest BCUT2D eigenvalue weighted by Crippen LogP contribution is -2.48. The molecule has 2 aromatic rings. The summed E-state index contributed by atoms with van der Waals surface area (Å²) >= 11 is 1.40. The van der Waals surface area contributed by atoms with Gasteiger partial charge in [-0.3, -0.25) is 14.8 Å². The lowest BCUT2D eigenvalue weighted by molar-refractivity contribution is -0.00392. The molecule has 3 heterocycles. The molecule has 7 heteroatoms. The van der Waals surface area contributed by atoms with Gasteiger partial charge in [0.05, 0.1) is 36.2 Å². The molecule has 0 N–H and O–H groups in total. The Morgan fingerprint density at radius 3 is 3.09 bits per heavy atom. The Bertz CT molecular complexity index is 631. The number of ether oxygens (including phenoxy) is 1. The highest BCUT2D eigenvalue weighted by Gasteiger charge is 2.29. The number of carbonyl (C=O) groups excluding carboxylic acids is 1. The molecule has 2 aromatic heterocycles. The molecule has 1 saturated heterocycles. The molecule has 0 radical (unpaired) electrons. The van der Waals surface area contributed by atoms with Crippen LogP contribution >= 0.6 is 11.3 Å². The van der Waals surface area contributed by atoms with E-state index in [0.717, 1.165) is 29.1 Å². The summed E-state index contributed by atoms with van der Waals surface area (Å²) in [5.74, 6) is 0.0624. The number of hydrogen-bond acceptors (Lipinski definition) is 6. The largest absolute Gasteiger partial charge is 0.377 e. The van der Waals surface area contributed by atoms with E-state index in [1.807, 2.05) is 11.8 Å². The van der Waals surface area contributed by atoms with E-state index < -0.39 is 0 Å². The molecule has 116 valence electrons. The number of carbonyl (C=O) groups is 1. The van der Waals surface area contributed by atoms with Crippen LogP contribution in [0.1, 0.15) is 27.5 Å². The van der Waals surface area contributed by atoms with Gasteiger partial charge in [-0.05, 0) is 19.8 Å². The zero-order chi connectivity index (χ0) is 15.4. The maximum absolute atomic E-state index is 12.7. The molecular weight excluding hydrogens is 300 g/mol. The minimum absolute atomic E-state index is 0.0624. The van der Waals surface area contributed by atoms with E-state index in [2.05, 4.69) is 15.0 Å². The van der Waals surface area contributed by atoms with Crippen LogP contribution in [0.4, 0.5) is 0 Å². The summed E-state index contributed by atoms with van der Waals surface area (Å²) in [7, 11) is 0. The molecular formula is C15H18N4O2S. The number of aryl methyl sites for hydroxylation is 2. The smallest absolute Gasteiger partial charge is 0.266 e. The van der Waals surface area contributed by atoms with Gasteiger partial charge < -0.3 is 9.64 Å². The van der Waals surface area contributed by atoms with Gasteiger partial charge in [0.2, 0.25) is 0 Å². The van der Waals surface area contributed by atoms with Gasteiger partial charge in [-0.25, -0.2) is 4.98 Å². The van der Waals surface area contributed by atoms with Crippen LogP contribution in [-0.4, -0.2) is 51.6 Å². The van der Waals surface area contributed by atoms with Crippen molar-refractivity contribution in [2.45, 2.75) is 25.8 Å². The minimum atomic E-state index is 0.0624. The summed E-state index contributed by atoms with van der Waals surface area (Å²) in [5, 5.41) is 0. The Kier molecular flexibility index (Phi) is 4.74. The van der Waals surface area contributed by atoms with Gasteiger partial charge in [-0.15, -0.1) is 11.3 Å². The standard InChI is InChI=1S/C15H18N4O2S/c1-11-14(22-10-18-11)15(20)19-6-7-21-9-13(19)3-2-12-8-16-4-5-17-12/h4-5,8,10,13H,2-3,6-7,9H2,1H3/t13-/m0/s1. The van der Waals surface area contributed by atoms with Gasteiger partial charge in [-0.2, -0.15) is 0 Å². The average molecular weight is 318 g/mol. The third-order valence-corrected chi connectivity index (χ3v) is 4.70. The number of amides is 1. The second-order valence-corrected chi connectivity index (χ2v) is 6.08. The molecule has 1 aliphatic heterocycles. The van der Waals surface area contributed by atoms with E-state index in [1.165, 1.54) is 11.3 Å². The zero-order valence-corrected chi connectivity index (χ0v) is 13.3. The van der Waals surface area contributed by atoms with Crippen LogP contribution < -0.4 is 0 Å². The van der Waals surface area contributed by atoms with E-state index in [4.69, 9.17) is 4.74 Å². The first-order valence-corrected chi connectivity index (χ1v) is 8.17. The van der Waals surface area contributed by atoms with Crippen molar-refractivity contribution in [2.75, 3.05) is 19.8 Å². The first-order valence-electron chi connectivity index (χ1n) is 7.29. The summed E-state index contributed by atoms with van der Waals surface area (Å²) < 4.78 is 5.56. The molecule has 1 aliphatic rings. The highest BCUT2D eigenvalue weighted by atomic mass is 32.1. The summed E-state index contributed by atoms with van der Waals surface area (Å²) in [6, 6.07) is 0.0738. The SMILES string of the molecule is Cc1ncsc1C(=O)N1CCOC[C@@H]1CCc1cnccn1. The van der Waals surface area contributed by atoms with E-state index in [-0.39, 0.29) is 11.9 Å². The lowest BCUT2D eigenvalue weighted by atomic mass is 10.1. The normalized spacial score (nSPS) is 18.4. The maximum Gasteiger partial charge on any atom is 0.266 e. The van der Waals surface area contributed by atoms with Gasteiger partial charge in [0.1, 0.15) is 4.88 Å². The lowest BCUT2D eigenvalue weighted by Gasteiger charge is -2.35. The number of morpholine rings is 1. The van der Waals surface area contributed by atoms with Crippen molar-refractivity contribution in [1.29, 1.82) is 0 Å². The van der Waals surface area contributed by atoms with Gasteiger partial charge in [-0.1, -0.05) is 0 Å². The zero-order valence-electron chi connectivity index (χ0n) is 12.4. The van der Waals surface area contributed by atoms with E-state index >= 15 is 0 Å². The van der Waals surface area contributed by atoms with Crippen LogP contribution in [0.5, 0.6) is 0 Å². The molecule has 0 saturated carbocycles. The van der Waals surface area contributed by atoms with Gasteiger partial charge >= 0.3 is 0 Å². The van der Waals surface area contributed by atoms with Crippen LogP contribution in [0.25, 0.3) is 0 Å². The molecule has 1 amide bonds. The first kappa shape index (κ1) is 15.1. The monoisotopic (exact) mass is 318 g/mol. The Labute approximate surface area is 133 Å². The van der Waals surface area contributed by atoms with E-state index in [0.29, 0.717) is 19.8 Å². The first-order chi connectivity index (χ1) is 10.8. The van der Waals surface area contributed by atoms with E-state index in [9.17, 15) is 4.79 Å². The second-order valence-electron chi connectivity index (χ2n) is 5.23. The van der Waals surface area contributed by atoms with Crippen molar-refractivity contribution in [3.63, 3.8) is 0 Å². The highest BCUT2D eigenvalue weighted by Crippen LogP contribution is 2.20. The van der Waals surface area contributed by atoms with Gasteiger partial charge in [0, 0.05) is 25.1 Å². The van der Waals surface area contributed by atoms with Gasteiger partial charge in [0.15, 0.2) is 0 Å². The second kappa shape index (κ2) is 6.93. The van der Waals surface area contributed by atoms with Crippen molar-refractivity contribution in [1.82, 2.24) is 19.9 Å². The number of thiazole rings is 1. The molecule has 0 aromatic carbocycles. The van der Waals surface area contributed by atoms with Crippen LogP contribution in [0, 0.1) is 6.92 Å². The molecule has 1 fully saturated rings. The number of aromatic nitrogens is 3. The summed E-state index contributed by atoms with van der Waals surface area (Å²) in [6.07, 6.45) is 6.73. The molecule has 22 heavy (non-hydrogen) atoms. The van der Waals surface area contributed by atoms with Gasteiger partial charge in [0.25, 0.3) is 5.91 Å². The predicted octanol–water partition coefficient (Wildman–Crippen LogP) is 1.72. The molecule has 6 nitrogen and oxygen atoms in total. The Morgan fingerprint density at radius 2 is 2.36 bits per heavy atom. The average Bonchev–Trinajstić information content (AvgIpc) is 2.99. The Morgan fingerprint density at radius 1 is 1.45 bits per heavy atom. The molecule has 1 atom stereocenters. The number of nitrogens with zero attached hydrogens (tertiary/aromatic N) is 4. The van der Waals surface area contributed by atoms with Crippen LogP contribution in [0.2, 0.25) is 0 Å². The molecule has 3 rings (SSSR count). The van der Waals surface area contributed by atoms with Crippen LogP contribution in [0.3, 0.4) is 0 Å². The molecule has 0 aliphatic carbocycles. The minimum Gasteiger partial charge on any atom is -0.377 e. The van der Waals surface area contributed by atoms with Crippen molar-refractivity contribution < 1.29 is 9.53 Å². The highest BCUT2D eigenvalue weighted by molar-refractivity contribution is 7.11. The third kappa shape index (κ3) is 3.31. The van der Waals surface area contributed by atoms with E-state index in [1.54, 1.807) is 24.1 Å². The fourth-order valence-electron chi connectivity index (χ4n) is 2.57. The van der Waals surface area contributed by atoms with Crippen molar-refractivity contribution in [3.8, 4) is 0 Å². The maximum atomic E-state index is 12.7. The van der Waals surface area contributed by atoms with Crippen molar-refractivity contribution in [3.05, 3.63) is 40.4 Å². The third-order valence-electron chi connectivity index (χ3n) is 3.78. The van der Waals surface area contributed by atoms with Crippen molar-refractivity contribution in [2.24, 2.45) is 0 Å². The van der Waals surface area contributed by atoms with Crippen LogP contribution in [0.15, 0.2) is 24.1 Å². The quantitative estimate of drug-likeness (QED) is 0.858. The fourth-order valence-corrected chi connectivity index (χ4v) is 3.33. The summed E-state index contributed by atoms with van der Waals surface area (Å²) in [4.78, 5) is 27.9. The fraction of sp³-hybridized carbons (Fsp3) is 0.467. The van der Waals surface area contributed by atoms with Crippen molar-refractivity contribution >= 4 is 17.2 Å². The molecule has 0 bridgehead atoms. The molecule has 0 unspecified atom stereocenters. The Balaban J connectivity index is 1.69. The topological polar surface area (TPSA) is 68.2 Å². The Hall–Kier alpha value is -1.86. The summed E-state index contributed by atoms with van der Waals surface area (Å²) in [5.41, 5.74) is 3.46.